The van der Waals surface area contributed by atoms with Crippen molar-refractivity contribution in [3.8, 4) is 0 Å². The first kappa shape index (κ1) is 16.6. The van der Waals surface area contributed by atoms with E-state index < -0.39 is 28.3 Å². The highest BCUT2D eigenvalue weighted by Gasteiger charge is 2.48. The second-order valence-corrected chi connectivity index (χ2v) is 5.26. The van der Waals surface area contributed by atoms with Crippen molar-refractivity contribution in [3.05, 3.63) is 0 Å². The monoisotopic (exact) mass is 280 g/mol. The average Bonchev–Trinajstić information content (AvgIpc) is 2.10. The van der Waals surface area contributed by atoms with E-state index in [2.05, 4.69) is 14.0 Å². The lowest BCUT2D eigenvalue weighted by Gasteiger charge is -2.19. The Kier molecular flexibility index (Phi) is 6.38. The van der Waals surface area contributed by atoms with E-state index in [9.17, 15) is 21.6 Å². The molecule has 17 heavy (non-hydrogen) atoms. The van der Waals surface area contributed by atoms with E-state index in [-0.39, 0.29) is 12.3 Å². The molecule has 0 saturated carbocycles. The van der Waals surface area contributed by atoms with E-state index in [1.807, 2.05) is 0 Å². The van der Waals surface area contributed by atoms with Gasteiger partial charge in [-0.25, -0.2) is 9.78 Å². The van der Waals surface area contributed by atoms with E-state index >= 15 is 0 Å². The minimum absolute atomic E-state index is 0.0520. The van der Waals surface area contributed by atoms with Gasteiger partial charge in [0.15, 0.2) is 0 Å². The van der Waals surface area contributed by atoms with Crippen molar-refractivity contribution in [1.29, 1.82) is 0 Å². The molecule has 0 amide bonds. The van der Waals surface area contributed by atoms with Gasteiger partial charge in [0.1, 0.15) is 12.7 Å². The lowest BCUT2D eigenvalue weighted by Crippen LogP contribution is -2.33. The molecule has 0 aromatic carbocycles. The van der Waals surface area contributed by atoms with Gasteiger partial charge in [0.25, 0.3) is 0 Å². The third kappa shape index (κ3) is 6.20. The van der Waals surface area contributed by atoms with Crippen LogP contribution in [0.3, 0.4) is 0 Å². The zero-order chi connectivity index (χ0) is 13.7. The topological polar surface area (TPSA) is 61.8 Å². The molecular weight excluding hydrogens is 265 g/mol. The third-order valence-corrected chi connectivity index (χ3v) is 2.74. The Morgan fingerprint density at radius 3 is 2.12 bits per heavy atom. The lowest BCUT2D eigenvalue weighted by molar-refractivity contribution is -0.283. The van der Waals surface area contributed by atoms with E-state index in [1.54, 1.807) is 13.8 Å². The minimum atomic E-state index is -5.61. The second-order valence-electron chi connectivity index (χ2n) is 3.70. The van der Waals surface area contributed by atoms with Crippen molar-refractivity contribution in [1.82, 2.24) is 0 Å². The van der Waals surface area contributed by atoms with Gasteiger partial charge in [-0.15, -0.1) is 0 Å². The molecule has 0 aromatic rings. The molecule has 0 heterocycles. The number of hydrogen-bond acceptors (Lipinski definition) is 5. The molecule has 0 spiro atoms. The number of alkyl halides is 3. The van der Waals surface area contributed by atoms with E-state index in [0.717, 1.165) is 7.11 Å². The van der Waals surface area contributed by atoms with Crippen LogP contribution in [0.4, 0.5) is 13.2 Å². The maximum Gasteiger partial charge on any atom is 0.523 e. The van der Waals surface area contributed by atoms with Crippen molar-refractivity contribution < 1.29 is 35.5 Å². The fourth-order valence-electron chi connectivity index (χ4n) is 1.04. The Morgan fingerprint density at radius 1 is 1.24 bits per heavy atom. The molecule has 0 aliphatic heterocycles. The number of halogens is 3. The smallest absolute Gasteiger partial charge is 0.257 e. The summed E-state index contributed by atoms with van der Waals surface area (Å²) in [5.74, 6) is -0.0520. The quantitative estimate of drug-likeness (QED) is 0.308. The van der Waals surface area contributed by atoms with Crippen LogP contribution in [0.2, 0.25) is 0 Å². The summed E-state index contributed by atoms with van der Waals surface area (Å²) in [6.07, 6.45) is -1.14. The third-order valence-electron chi connectivity index (χ3n) is 1.65. The van der Waals surface area contributed by atoms with Gasteiger partial charge in [0, 0.05) is 0 Å². The SMILES string of the molecule is COOCC(CC(C)C)OS(=O)(=O)C(F)(F)F. The summed E-state index contributed by atoms with van der Waals surface area (Å²) in [7, 11) is -4.45. The summed E-state index contributed by atoms with van der Waals surface area (Å²) < 4.78 is 61.8. The molecule has 0 bridgehead atoms. The first-order valence-corrected chi connectivity index (χ1v) is 6.16. The molecule has 1 unspecified atom stereocenters. The molecule has 0 aliphatic rings. The number of hydrogen-bond donors (Lipinski definition) is 0. The second kappa shape index (κ2) is 6.53. The predicted octanol–water partition coefficient (Wildman–Crippen LogP) is 1.85. The van der Waals surface area contributed by atoms with Crippen molar-refractivity contribution in [2.24, 2.45) is 5.92 Å². The van der Waals surface area contributed by atoms with Gasteiger partial charge in [-0.2, -0.15) is 21.6 Å². The molecule has 0 aromatic heterocycles. The Balaban J connectivity index is 4.63. The van der Waals surface area contributed by atoms with Gasteiger partial charge in [-0.1, -0.05) is 13.8 Å². The van der Waals surface area contributed by atoms with Crippen LogP contribution in [-0.4, -0.2) is 33.7 Å². The van der Waals surface area contributed by atoms with Gasteiger partial charge >= 0.3 is 15.6 Å². The highest BCUT2D eigenvalue weighted by atomic mass is 32.2. The standard InChI is InChI=1S/C8H15F3O5S/c1-6(2)4-7(5-15-14-3)16-17(12,13)8(9,10)11/h6-7H,4-5H2,1-3H3. The Morgan fingerprint density at radius 2 is 1.76 bits per heavy atom. The highest BCUT2D eigenvalue weighted by Crippen LogP contribution is 2.27. The molecule has 9 heteroatoms. The molecule has 0 fully saturated rings. The maximum absolute atomic E-state index is 12.1. The van der Waals surface area contributed by atoms with Gasteiger partial charge in [-0.05, 0) is 12.3 Å². The van der Waals surface area contributed by atoms with Gasteiger partial charge < -0.3 is 0 Å². The molecule has 0 rings (SSSR count). The van der Waals surface area contributed by atoms with Crippen molar-refractivity contribution in [3.63, 3.8) is 0 Å². The average molecular weight is 280 g/mol. The Bertz CT molecular complexity index is 312. The van der Waals surface area contributed by atoms with Crippen molar-refractivity contribution >= 4 is 10.1 Å². The normalized spacial score (nSPS) is 15.2. The van der Waals surface area contributed by atoms with Crippen LogP contribution in [0, 0.1) is 5.92 Å². The van der Waals surface area contributed by atoms with Gasteiger partial charge in [0.05, 0.1) is 7.11 Å². The van der Waals surface area contributed by atoms with Crippen LogP contribution in [0.25, 0.3) is 0 Å². The van der Waals surface area contributed by atoms with E-state index in [4.69, 9.17) is 0 Å². The van der Waals surface area contributed by atoms with Gasteiger partial charge in [-0.3, -0.25) is 4.18 Å². The predicted molar refractivity (Wildman–Crippen MR) is 52.3 cm³/mol. The molecule has 1 atom stereocenters. The van der Waals surface area contributed by atoms with Crippen LogP contribution in [0.1, 0.15) is 20.3 Å². The van der Waals surface area contributed by atoms with E-state index in [1.165, 1.54) is 0 Å². The Hall–Kier alpha value is -0.380. The first-order chi connectivity index (χ1) is 7.60. The maximum atomic E-state index is 12.1. The van der Waals surface area contributed by atoms with Crippen LogP contribution in [0.15, 0.2) is 0 Å². The van der Waals surface area contributed by atoms with Crippen molar-refractivity contribution in [2.45, 2.75) is 31.9 Å². The van der Waals surface area contributed by atoms with Gasteiger partial charge in [0.2, 0.25) is 0 Å². The summed E-state index contributed by atoms with van der Waals surface area (Å²) in [6, 6.07) is 0. The molecule has 5 nitrogen and oxygen atoms in total. The summed E-state index contributed by atoms with van der Waals surface area (Å²) in [6.45, 7) is 3.02. The summed E-state index contributed by atoms with van der Waals surface area (Å²) in [5, 5.41) is 0. The Labute approximate surface area is 97.9 Å². The molecule has 104 valence electrons. The van der Waals surface area contributed by atoms with Crippen LogP contribution in [-0.2, 0) is 24.1 Å². The van der Waals surface area contributed by atoms with Crippen molar-refractivity contribution in [2.75, 3.05) is 13.7 Å². The van der Waals surface area contributed by atoms with Crippen LogP contribution < -0.4 is 0 Å². The fraction of sp³-hybridized carbons (Fsp3) is 1.00. The summed E-state index contributed by atoms with van der Waals surface area (Å²) >= 11 is 0. The lowest BCUT2D eigenvalue weighted by atomic mass is 10.1. The minimum Gasteiger partial charge on any atom is -0.257 e. The summed E-state index contributed by atoms with van der Waals surface area (Å²) in [4.78, 5) is 8.60. The zero-order valence-corrected chi connectivity index (χ0v) is 10.5. The largest absolute Gasteiger partial charge is 0.523 e. The molecule has 0 N–H and O–H groups in total. The zero-order valence-electron chi connectivity index (χ0n) is 9.65. The molecular formula is C8H15F3O5S. The molecule has 0 saturated heterocycles. The molecule has 0 radical (unpaired) electrons. The number of rotatable bonds is 7. The van der Waals surface area contributed by atoms with Crippen LogP contribution >= 0.6 is 0 Å². The fourth-order valence-corrected chi connectivity index (χ4v) is 1.64. The van der Waals surface area contributed by atoms with Crippen LogP contribution in [0.5, 0.6) is 0 Å². The molecule has 0 aliphatic carbocycles. The highest BCUT2D eigenvalue weighted by molar-refractivity contribution is 7.87. The summed E-state index contributed by atoms with van der Waals surface area (Å²) in [5.41, 5.74) is -5.44. The van der Waals surface area contributed by atoms with E-state index in [0.29, 0.717) is 0 Å². The first-order valence-electron chi connectivity index (χ1n) is 4.75.